The molecular formula is C23H31N5O3. The lowest BCUT2D eigenvalue weighted by molar-refractivity contribution is -0.133. The van der Waals surface area contributed by atoms with Crippen molar-refractivity contribution in [1.82, 2.24) is 25.3 Å². The number of aryl methyl sites for hydroxylation is 2. The molecule has 1 saturated heterocycles. The Morgan fingerprint density at radius 1 is 1.23 bits per heavy atom. The highest BCUT2D eigenvalue weighted by molar-refractivity contribution is 5.85. The van der Waals surface area contributed by atoms with Crippen LogP contribution in [0.25, 0.3) is 11.3 Å². The normalized spacial score (nSPS) is 21.5. The van der Waals surface area contributed by atoms with E-state index in [2.05, 4.69) is 15.5 Å². The average molecular weight is 426 g/mol. The van der Waals surface area contributed by atoms with Crippen molar-refractivity contribution in [3.05, 3.63) is 29.0 Å². The fourth-order valence-electron chi connectivity index (χ4n) is 4.64. The molecule has 2 amide bonds. The molecular weight excluding hydrogens is 394 g/mol. The van der Waals surface area contributed by atoms with Gasteiger partial charge >= 0.3 is 0 Å². The first-order chi connectivity index (χ1) is 14.9. The number of carbonyl (C=O) groups is 2. The molecule has 2 fully saturated rings. The Morgan fingerprint density at radius 3 is 2.65 bits per heavy atom. The Labute approximate surface area is 182 Å². The molecule has 0 spiro atoms. The monoisotopic (exact) mass is 425 g/mol. The summed E-state index contributed by atoms with van der Waals surface area (Å²) in [5, 5.41) is 7.13. The molecule has 0 aromatic carbocycles. The minimum atomic E-state index is -0.0535. The van der Waals surface area contributed by atoms with Gasteiger partial charge in [-0.2, -0.15) is 0 Å². The molecule has 1 aliphatic heterocycles. The summed E-state index contributed by atoms with van der Waals surface area (Å²) in [7, 11) is 0. The van der Waals surface area contributed by atoms with Gasteiger partial charge in [0.15, 0.2) is 5.76 Å². The molecule has 0 bridgehead atoms. The summed E-state index contributed by atoms with van der Waals surface area (Å²) in [4.78, 5) is 34.7. The van der Waals surface area contributed by atoms with Crippen LogP contribution in [0.15, 0.2) is 10.7 Å². The van der Waals surface area contributed by atoms with Crippen LogP contribution >= 0.6 is 0 Å². The van der Waals surface area contributed by atoms with Gasteiger partial charge in [0, 0.05) is 37.2 Å². The quantitative estimate of drug-likeness (QED) is 0.763. The molecule has 3 heterocycles. The van der Waals surface area contributed by atoms with E-state index < -0.39 is 0 Å². The zero-order chi connectivity index (χ0) is 22.0. The lowest BCUT2D eigenvalue weighted by atomic mass is 9.79. The molecule has 0 atom stereocenters. The maximum Gasteiger partial charge on any atom is 0.239 e. The van der Waals surface area contributed by atoms with Crippen LogP contribution in [-0.4, -0.2) is 51.5 Å². The van der Waals surface area contributed by atoms with E-state index in [4.69, 9.17) is 9.51 Å². The van der Waals surface area contributed by atoms with E-state index in [-0.39, 0.29) is 18.4 Å². The van der Waals surface area contributed by atoms with Gasteiger partial charge in [-0.05, 0) is 58.8 Å². The third kappa shape index (κ3) is 4.78. The summed E-state index contributed by atoms with van der Waals surface area (Å²) >= 11 is 0. The largest absolute Gasteiger partial charge is 0.356 e. The van der Waals surface area contributed by atoms with Crippen LogP contribution in [0.1, 0.15) is 67.2 Å². The number of nitrogens with zero attached hydrogens (tertiary/aromatic N) is 4. The molecule has 0 radical (unpaired) electrons. The summed E-state index contributed by atoms with van der Waals surface area (Å²) < 4.78 is 5.60. The van der Waals surface area contributed by atoms with Crippen molar-refractivity contribution in [3.8, 4) is 11.3 Å². The van der Waals surface area contributed by atoms with Crippen molar-refractivity contribution in [1.29, 1.82) is 0 Å². The molecule has 2 aromatic heterocycles. The van der Waals surface area contributed by atoms with Crippen molar-refractivity contribution in [2.45, 2.75) is 65.2 Å². The number of hydrogen-bond acceptors (Lipinski definition) is 6. The van der Waals surface area contributed by atoms with E-state index in [1.165, 1.54) is 0 Å². The lowest BCUT2D eigenvalue weighted by Crippen LogP contribution is -2.40. The van der Waals surface area contributed by atoms with Crippen LogP contribution in [0.5, 0.6) is 0 Å². The lowest BCUT2D eigenvalue weighted by Gasteiger charge is -2.29. The van der Waals surface area contributed by atoms with Crippen LogP contribution in [0.4, 0.5) is 0 Å². The van der Waals surface area contributed by atoms with Crippen LogP contribution < -0.4 is 5.32 Å². The van der Waals surface area contributed by atoms with E-state index in [0.29, 0.717) is 31.3 Å². The first-order valence-corrected chi connectivity index (χ1v) is 11.2. The fourth-order valence-corrected chi connectivity index (χ4v) is 4.64. The van der Waals surface area contributed by atoms with Crippen molar-refractivity contribution < 1.29 is 14.1 Å². The van der Waals surface area contributed by atoms with Gasteiger partial charge in [-0.15, -0.1) is 0 Å². The van der Waals surface area contributed by atoms with Crippen LogP contribution in [-0.2, 0) is 9.59 Å². The van der Waals surface area contributed by atoms with Gasteiger partial charge in [0.2, 0.25) is 11.8 Å². The van der Waals surface area contributed by atoms with E-state index in [0.717, 1.165) is 66.2 Å². The molecule has 166 valence electrons. The molecule has 1 N–H and O–H groups in total. The number of amides is 2. The zero-order valence-corrected chi connectivity index (χ0v) is 18.6. The average Bonchev–Trinajstić information content (AvgIpc) is 3.32. The minimum absolute atomic E-state index is 0.0535. The van der Waals surface area contributed by atoms with Crippen molar-refractivity contribution in [2.75, 3.05) is 19.6 Å². The predicted octanol–water partition coefficient (Wildman–Crippen LogP) is 3.07. The van der Waals surface area contributed by atoms with Gasteiger partial charge in [-0.1, -0.05) is 5.16 Å². The molecule has 31 heavy (non-hydrogen) atoms. The van der Waals surface area contributed by atoms with Gasteiger partial charge < -0.3 is 14.7 Å². The van der Waals surface area contributed by atoms with Crippen LogP contribution in [0.3, 0.4) is 0 Å². The summed E-state index contributed by atoms with van der Waals surface area (Å²) in [6.07, 6.45) is 7.37. The number of rotatable bonds is 6. The summed E-state index contributed by atoms with van der Waals surface area (Å²) in [6.45, 7) is 7.42. The van der Waals surface area contributed by atoms with Crippen molar-refractivity contribution >= 4 is 11.8 Å². The van der Waals surface area contributed by atoms with Gasteiger partial charge in [0.25, 0.3) is 0 Å². The number of aromatic nitrogens is 3. The maximum atomic E-state index is 12.2. The first-order valence-electron chi connectivity index (χ1n) is 11.2. The van der Waals surface area contributed by atoms with E-state index in [1.54, 1.807) is 4.90 Å². The SMILES string of the molecule is Cc1ncc(-c2onc(C)c2C)c(C2CCC(CNC(=O)CN3CCCC3=O)CC2)n1. The molecule has 1 saturated carbocycles. The Balaban J connectivity index is 1.35. The third-order valence-corrected chi connectivity index (χ3v) is 6.67. The number of likely N-dealkylation sites (tertiary alicyclic amines) is 1. The number of hydrogen-bond donors (Lipinski definition) is 1. The van der Waals surface area contributed by atoms with Gasteiger partial charge in [-0.25, -0.2) is 9.97 Å². The molecule has 0 unspecified atom stereocenters. The minimum Gasteiger partial charge on any atom is -0.356 e. The Morgan fingerprint density at radius 2 is 2.00 bits per heavy atom. The van der Waals surface area contributed by atoms with Crippen molar-refractivity contribution in [3.63, 3.8) is 0 Å². The zero-order valence-electron chi connectivity index (χ0n) is 18.6. The summed E-state index contributed by atoms with van der Waals surface area (Å²) in [5.41, 5.74) is 3.90. The van der Waals surface area contributed by atoms with Gasteiger partial charge in [0.1, 0.15) is 5.82 Å². The molecule has 2 aliphatic rings. The number of carbonyl (C=O) groups excluding carboxylic acids is 2. The highest BCUT2D eigenvalue weighted by atomic mass is 16.5. The van der Waals surface area contributed by atoms with Crippen molar-refractivity contribution in [2.24, 2.45) is 5.92 Å². The topological polar surface area (TPSA) is 101 Å². The molecule has 8 heteroatoms. The van der Waals surface area contributed by atoms with Crippen LogP contribution in [0, 0.1) is 26.7 Å². The second kappa shape index (κ2) is 9.16. The smallest absolute Gasteiger partial charge is 0.239 e. The highest BCUT2D eigenvalue weighted by Crippen LogP contribution is 2.39. The predicted molar refractivity (Wildman–Crippen MR) is 115 cm³/mol. The standard InChI is InChI=1S/C23H31N5O3/c1-14-15(2)27-31-23(14)19-12-24-16(3)26-22(19)18-8-6-17(7-9-18)11-25-20(29)13-28-10-4-5-21(28)30/h12,17-18H,4-11,13H2,1-3H3,(H,25,29). The maximum absolute atomic E-state index is 12.2. The Hall–Kier alpha value is -2.77. The highest BCUT2D eigenvalue weighted by Gasteiger charge is 2.28. The molecule has 4 rings (SSSR count). The fraction of sp³-hybridized carbons (Fsp3) is 0.609. The van der Waals surface area contributed by atoms with Gasteiger partial charge in [-0.3, -0.25) is 9.59 Å². The first kappa shape index (κ1) is 21.5. The molecule has 8 nitrogen and oxygen atoms in total. The molecule has 1 aliphatic carbocycles. The van der Waals surface area contributed by atoms with E-state index >= 15 is 0 Å². The second-order valence-corrected chi connectivity index (χ2v) is 8.88. The Bertz CT molecular complexity index is 962. The second-order valence-electron chi connectivity index (χ2n) is 8.88. The third-order valence-electron chi connectivity index (χ3n) is 6.67. The number of nitrogens with one attached hydrogen (secondary N) is 1. The summed E-state index contributed by atoms with van der Waals surface area (Å²) in [6, 6.07) is 0. The van der Waals surface area contributed by atoms with E-state index in [9.17, 15) is 9.59 Å². The van der Waals surface area contributed by atoms with E-state index in [1.807, 2.05) is 27.0 Å². The van der Waals surface area contributed by atoms with Gasteiger partial charge in [0.05, 0.1) is 23.5 Å². The Kier molecular flexibility index (Phi) is 6.34. The molecule has 2 aromatic rings. The van der Waals surface area contributed by atoms with Crippen LogP contribution in [0.2, 0.25) is 0 Å². The summed E-state index contributed by atoms with van der Waals surface area (Å²) in [5.74, 6) is 2.36.